The molecule has 3 aromatic rings. The Morgan fingerprint density at radius 2 is 2.00 bits per heavy atom. The van der Waals surface area contributed by atoms with Gasteiger partial charge in [-0.15, -0.1) is 11.3 Å². The summed E-state index contributed by atoms with van der Waals surface area (Å²) in [7, 11) is 1.73. The molecule has 1 aromatic heterocycles. The van der Waals surface area contributed by atoms with E-state index >= 15 is 0 Å². The van der Waals surface area contributed by atoms with Crippen LogP contribution in [0.3, 0.4) is 0 Å². The molecule has 0 atom stereocenters. The molecule has 2 N–H and O–H groups in total. The number of methoxy groups -OCH3 is 1. The van der Waals surface area contributed by atoms with Crippen LogP contribution >= 0.6 is 11.3 Å². The van der Waals surface area contributed by atoms with Crippen LogP contribution in [0, 0.1) is 13.8 Å². The monoisotopic (exact) mass is 419 g/mol. The SMILES string of the molecule is COc1c(C)cc(-c2cc3c(s2)C(NCc2ccc4c(c2)CCO4)=NCN3)cc1C. The standard InChI is InChI=1S/C24H25N3O2S/c1-14-8-18(9-15(2)22(14)28-3)21-11-19-23(30-21)24(27-13-26-19)25-12-16-4-5-20-17(10-16)6-7-29-20/h4-5,8-11,26H,6-7,12-13H2,1-3H3,(H,25,27). The summed E-state index contributed by atoms with van der Waals surface area (Å²) >= 11 is 1.77. The second kappa shape index (κ2) is 7.69. The summed E-state index contributed by atoms with van der Waals surface area (Å²) in [6.45, 7) is 6.31. The van der Waals surface area contributed by atoms with E-state index in [0.29, 0.717) is 6.67 Å². The average Bonchev–Trinajstić information content (AvgIpc) is 3.38. The molecule has 5 rings (SSSR count). The number of fused-ring (bicyclic) bond motifs is 2. The van der Waals surface area contributed by atoms with Crippen molar-refractivity contribution in [2.45, 2.75) is 26.8 Å². The van der Waals surface area contributed by atoms with Gasteiger partial charge >= 0.3 is 0 Å². The summed E-state index contributed by atoms with van der Waals surface area (Å²) < 4.78 is 11.1. The van der Waals surface area contributed by atoms with Crippen LogP contribution in [-0.4, -0.2) is 26.2 Å². The third-order valence-electron chi connectivity index (χ3n) is 5.62. The molecule has 0 saturated heterocycles. The lowest BCUT2D eigenvalue weighted by Crippen LogP contribution is -2.27. The first-order valence-electron chi connectivity index (χ1n) is 10.2. The van der Waals surface area contributed by atoms with Crippen molar-refractivity contribution in [1.82, 2.24) is 5.32 Å². The van der Waals surface area contributed by atoms with Crippen molar-refractivity contribution in [3.05, 3.63) is 63.5 Å². The molecule has 0 bridgehead atoms. The van der Waals surface area contributed by atoms with E-state index in [0.717, 1.165) is 58.6 Å². The minimum absolute atomic E-state index is 0.588. The van der Waals surface area contributed by atoms with Gasteiger partial charge < -0.3 is 20.1 Å². The molecule has 2 aromatic carbocycles. The van der Waals surface area contributed by atoms with E-state index < -0.39 is 0 Å². The molecule has 0 fully saturated rings. The maximum atomic E-state index is 5.61. The van der Waals surface area contributed by atoms with Gasteiger partial charge in [0.1, 0.15) is 24.0 Å². The molecule has 30 heavy (non-hydrogen) atoms. The predicted molar refractivity (Wildman–Crippen MR) is 123 cm³/mol. The highest BCUT2D eigenvalue weighted by Crippen LogP contribution is 2.39. The van der Waals surface area contributed by atoms with E-state index in [9.17, 15) is 0 Å². The molecule has 2 aliphatic rings. The van der Waals surface area contributed by atoms with Crippen LogP contribution < -0.4 is 20.1 Å². The van der Waals surface area contributed by atoms with Gasteiger partial charge in [0, 0.05) is 17.8 Å². The maximum absolute atomic E-state index is 5.61. The molecule has 5 nitrogen and oxygen atoms in total. The van der Waals surface area contributed by atoms with Gasteiger partial charge in [-0.05, 0) is 65.9 Å². The number of hydrogen-bond donors (Lipinski definition) is 2. The van der Waals surface area contributed by atoms with Crippen molar-refractivity contribution in [2.24, 2.45) is 4.99 Å². The lowest BCUT2D eigenvalue weighted by Gasteiger charge is -2.16. The lowest BCUT2D eigenvalue weighted by molar-refractivity contribution is 0.357. The first-order chi connectivity index (χ1) is 14.6. The third-order valence-corrected chi connectivity index (χ3v) is 6.81. The van der Waals surface area contributed by atoms with Crippen molar-refractivity contribution in [3.8, 4) is 21.9 Å². The minimum atomic E-state index is 0.588. The largest absolute Gasteiger partial charge is 0.496 e. The smallest absolute Gasteiger partial charge is 0.142 e. The molecule has 0 amide bonds. The van der Waals surface area contributed by atoms with Gasteiger partial charge in [0.05, 0.1) is 24.3 Å². The Hall–Kier alpha value is -2.99. The number of aryl methyl sites for hydroxylation is 2. The van der Waals surface area contributed by atoms with E-state index in [1.54, 1.807) is 18.4 Å². The number of ether oxygens (including phenoxy) is 2. The van der Waals surface area contributed by atoms with Crippen LogP contribution in [0.25, 0.3) is 10.4 Å². The second-order valence-electron chi connectivity index (χ2n) is 7.73. The van der Waals surface area contributed by atoms with Crippen LogP contribution in [0.2, 0.25) is 0 Å². The lowest BCUT2D eigenvalue weighted by atomic mass is 10.0. The zero-order valence-electron chi connectivity index (χ0n) is 17.5. The molecule has 0 spiro atoms. The third kappa shape index (κ3) is 3.41. The van der Waals surface area contributed by atoms with E-state index in [1.165, 1.54) is 21.6 Å². The van der Waals surface area contributed by atoms with Gasteiger partial charge in [-0.25, -0.2) is 4.99 Å². The average molecular weight is 420 g/mol. The number of hydrogen-bond acceptors (Lipinski definition) is 6. The van der Waals surface area contributed by atoms with Crippen molar-refractivity contribution in [1.29, 1.82) is 0 Å². The number of amidine groups is 1. The van der Waals surface area contributed by atoms with Gasteiger partial charge in [0.15, 0.2) is 0 Å². The summed E-state index contributed by atoms with van der Waals surface area (Å²) in [5.74, 6) is 2.94. The van der Waals surface area contributed by atoms with Gasteiger partial charge in [0.25, 0.3) is 0 Å². The summed E-state index contributed by atoms with van der Waals surface area (Å²) in [5.41, 5.74) is 7.20. The molecular weight excluding hydrogens is 394 g/mol. The fourth-order valence-electron chi connectivity index (χ4n) is 4.20. The normalized spacial score (nSPS) is 14.3. The number of aliphatic imine (C=N–C) groups is 1. The highest BCUT2D eigenvalue weighted by molar-refractivity contribution is 7.18. The molecule has 2 aliphatic heterocycles. The Morgan fingerprint density at radius 1 is 1.17 bits per heavy atom. The van der Waals surface area contributed by atoms with Gasteiger partial charge in [-0.2, -0.15) is 0 Å². The number of benzene rings is 2. The number of nitrogens with zero attached hydrogens (tertiary/aromatic N) is 1. The van der Waals surface area contributed by atoms with Crippen molar-refractivity contribution >= 4 is 22.9 Å². The Kier molecular flexibility index (Phi) is 4.87. The fraction of sp³-hybridized carbons (Fsp3) is 0.292. The Labute approximate surface area is 180 Å². The Bertz CT molecular complexity index is 1130. The topological polar surface area (TPSA) is 54.9 Å². The Morgan fingerprint density at radius 3 is 2.80 bits per heavy atom. The first kappa shape index (κ1) is 19.0. The highest BCUT2D eigenvalue weighted by atomic mass is 32.1. The van der Waals surface area contributed by atoms with E-state index in [1.807, 2.05) is 0 Å². The van der Waals surface area contributed by atoms with Crippen LogP contribution in [0.15, 0.2) is 41.4 Å². The van der Waals surface area contributed by atoms with Crippen molar-refractivity contribution in [3.63, 3.8) is 0 Å². The quantitative estimate of drug-likeness (QED) is 0.632. The van der Waals surface area contributed by atoms with Crippen LogP contribution in [0.4, 0.5) is 5.69 Å². The molecule has 3 heterocycles. The Balaban J connectivity index is 1.38. The minimum Gasteiger partial charge on any atom is -0.496 e. The summed E-state index contributed by atoms with van der Waals surface area (Å²) in [4.78, 5) is 7.08. The van der Waals surface area contributed by atoms with Crippen LogP contribution in [0.1, 0.15) is 27.1 Å². The molecule has 154 valence electrons. The number of rotatable bonds is 4. The van der Waals surface area contributed by atoms with Gasteiger partial charge in [0.2, 0.25) is 0 Å². The van der Waals surface area contributed by atoms with E-state index in [4.69, 9.17) is 9.47 Å². The maximum Gasteiger partial charge on any atom is 0.142 e. The van der Waals surface area contributed by atoms with Crippen molar-refractivity contribution < 1.29 is 9.47 Å². The van der Waals surface area contributed by atoms with Crippen LogP contribution in [-0.2, 0) is 13.0 Å². The number of anilines is 1. The predicted octanol–water partition coefficient (Wildman–Crippen LogP) is 4.89. The van der Waals surface area contributed by atoms with Crippen LogP contribution in [0.5, 0.6) is 11.5 Å². The highest BCUT2D eigenvalue weighted by Gasteiger charge is 2.20. The zero-order valence-corrected chi connectivity index (χ0v) is 18.3. The van der Waals surface area contributed by atoms with Crippen molar-refractivity contribution in [2.75, 3.05) is 25.7 Å². The summed E-state index contributed by atoms with van der Waals surface area (Å²) in [5, 5.41) is 6.96. The number of thiophene rings is 1. The molecule has 6 heteroatoms. The molecule has 0 aliphatic carbocycles. The fourth-order valence-corrected chi connectivity index (χ4v) is 5.31. The molecular formula is C24H25N3O2S. The molecule has 0 radical (unpaired) electrons. The first-order valence-corrected chi connectivity index (χ1v) is 11.0. The molecule has 0 unspecified atom stereocenters. The van der Waals surface area contributed by atoms with Gasteiger partial charge in [-0.3, -0.25) is 0 Å². The van der Waals surface area contributed by atoms with Gasteiger partial charge in [-0.1, -0.05) is 12.1 Å². The van der Waals surface area contributed by atoms with E-state index in [-0.39, 0.29) is 0 Å². The molecule has 0 saturated carbocycles. The summed E-state index contributed by atoms with van der Waals surface area (Å²) in [6, 6.07) is 13.1. The zero-order chi connectivity index (χ0) is 20.7. The van der Waals surface area contributed by atoms with E-state index in [2.05, 4.69) is 65.9 Å². The second-order valence-corrected chi connectivity index (χ2v) is 8.78. The summed E-state index contributed by atoms with van der Waals surface area (Å²) in [6.07, 6.45) is 0.993. The number of nitrogens with one attached hydrogen (secondary N) is 2.